The summed E-state index contributed by atoms with van der Waals surface area (Å²) in [5, 5.41) is 12.4. The predicted molar refractivity (Wildman–Crippen MR) is 88.2 cm³/mol. The molecule has 0 bridgehead atoms. The summed E-state index contributed by atoms with van der Waals surface area (Å²) in [6.07, 6.45) is 1.52. The maximum Gasteiger partial charge on any atom is 0.269 e. The molecular formula is C17H16ClN3O2. The molecule has 0 aliphatic rings. The van der Waals surface area contributed by atoms with E-state index in [4.69, 9.17) is 16.9 Å². The summed E-state index contributed by atoms with van der Waals surface area (Å²) >= 11 is 5.84. The van der Waals surface area contributed by atoms with Crippen molar-refractivity contribution in [3.05, 3.63) is 68.6 Å². The summed E-state index contributed by atoms with van der Waals surface area (Å²) in [6.45, 7) is 3.40. The van der Waals surface area contributed by atoms with Gasteiger partial charge in [0, 0.05) is 11.2 Å². The molecule has 0 unspecified atom stereocenters. The number of hydrogen-bond acceptors (Lipinski definition) is 3. The minimum Gasteiger partial charge on any atom is -0.348 e. The molecule has 1 atom stereocenters. The Morgan fingerprint density at radius 2 is 2.00 bits per heavy atom. The molecule has 1 aromatic carbocycles. The van der Waals surface area contributed by atoms with Gasteiger partial charge in [0.05, 0.1) is 6.04 Å². The highest BCUT2D eigenvalue weighted by Gasteiger charge is 2.12. The molecular weight excluding hydrogens is 314 g/mol. The maximum atomic E-state index is 12.1. The van der Waals surface area contributed by atoms with Crippen molar-refractivity contribution in [2.75, 3.05) is 0 Å². The van der Waals surface area contributed by atoms with Crippen molar-refractivity contribution in [3.8, 4) is 6.07 Å². The molecule has 1 N–H and O–H groups in total. The second kappa shape index (κ2) is 7.12. The average Bonchev–Trinajstić information content (AvgIpc) is 2.51. The number of nitrogens with zero attached hydrogens (tertiary/aromatic N) is 2. The number of aromatic nitrogens is 1. The molecule has 0 saturated carbocycles. The molecule has 1 heterocycles. The number of benzene rings is 1. The van der Waals surface area contributed by atoms with Gasteiger partial charge >= 0.3 is 0 Å². The van der Waals surface area contributed by atoms with E-state index in [1.54, 1.807) is 25.1 Å². The smallest absolute Gasteiger partial charge is 0.269 e. The second-order valence-electron chi connectivity index (χ2n) is 5.26. The molecule has 0 aliphatic heterocycles. The Morgan fingerprint density at radius 3 is 2.61 bits per heavy atom. The Morgan fingerprint density at radius 1 is 1.35 bits per heavy atom. The van der Waals surface area contributed by atoms with Crippen LogP contribution in [-0.4, -0.2) is 10.5 Å². The topological polar surface area (TPSA) is 74.9 Å². The van der Waals surface area contributed by atoms with E-state index in [1.807, 2.05) is 25.1 Å². The van der Waals surface area contributed by atoms with Crippen LogP contribution in [-0.2, 0) is 11.3 Å². The van der Waals surface area contributed by atoms with Gasteiger partial charge in [-0.15, -0.1) is 0 Å². The minimum atomic E-state index is -0.457. The lowest BCUT2D eigenvalue weighted by Gasteiger charge is -2.15. The zero-order valence-corrected chi connectivity index (χ0v) is 13.6. The second-order valence-corrected chi connectivity index (χ2v) is 5.70. The Kier molecular flexibility index (Phi) is 5.20. The number of nitriles is 1. The third kappa shape index (κ3) is 3.99. The average molecular weight is 330 g/mol. The monoisotopic (exact) mass is 329 g/mol. The van der Waals surface area contributed by atoms with Crippen molar-refractivity contribution in [1.29, 1.82) is 5.26 Å². The molecule has 6 heteroatoms. The third-order valence-corrected chi connectivity index (χ3v) is 3.80. The fraction of sp³-hybridized carbons (Fsp3) is 0.235. The molecule has 1 aromatic heterocycles. The lowest BCUT2D eigenvalue weighted by atomic mass is 10.1. The number of aryl methyl sites for hydroxylation is 1. The van der Waals surface area contributed by atoms with E-state index >= 15 is 0 Å². The summed E-state index contributed by atoms with van der Waals surface area (Å²) in [5.74, 6) is -0.303. The number of halogens is 1. The van der Waals surface area contributed by atoms with Crippen LogP contribution in [0.3, 0.4) is 0 Å². The fourth-order valence-corrected chi connectivity index (χ4v) is 2.33. The Labute approximate surface area is 139 Å². The highest BCUT2D eigenvalue weighted by atomic mass is 35.5. The van der Waals surface area contributed by atoms with Crippen LogP contribution in [0.15, 0.2) is 41.3 Å². The van der Waals surface area contributed by atoms with Crippen molar-refractivity contribution in [3.63, 3.8) is 0 Å². The van der Waals surface area contributed by atoms with Gasteiger partial charge in [-0.05, 0) is 43.2 Å². The molecule has 2 rings (SSSR count). The Balaban J connectivity index is 2.10. The van der Waals surface area contributed by atoms with Gasteiger partial charge in [0.15, 0.2) is 0 Å². The van der Waals surface area contributed by atoms with Gasteiger partial charge in [0.1, 0.15) is 18.2 Å². The van der Waals surface area contributed by atoms with Crippen LogP contribution >= 0.6 is 11.6 Å². The third-order valence-electron chi connectivity index (χ3n) is 3.55. The summed E-state index contributed by atoms with van der Waals surface area (Å²) in [5.41, 5.74) is 1.12. The molecule has 5 nitrogen and oxygen atoms in total. The van der Waals surface area contributed by atoms with Gasteiger partial charge in [0.25, 0.3) is 5.56 Å². The van der Waals surface area contributed by atoms with E-state index < -0.39 is 5.56 Å². The number of nitrogens with one attached hydrogen (secondary N) is 1. The molecule has 0 fully saturated rings. The first-order valence-electron chi connectivity index (χ1n) is 7.07. The van der Waals surface area contributed by atoms with Crippen LogP contribution < -0.4 is 10.9 Å². The maximum absolute atomic E-state index is 12.1. The summed E-state index contributed by atoms with van der Waals surface area (Å²) in [6, 6.07) is 10.5. The molecule has 0 radical (unpaired) electrons. The van der Waals surface area contributed by atoms with E-state index in [2.05, 4.69) is 5.32 Å². The molecule has 0 spiro atoms. The molecule has 0 saturated heterocycles. The first kappa shape index (κ1) is 16.8. The van der Waals surface area contributed by atoms with Crippen LogP contribution in [0.25, 0.3) is 0 Å². The zero-order chi connectivity index (χ0) is 17.0. The van der Waals surface area contributed by atoms with Crippen LogP contribution in [0.1, 0.15) is 29.7 Å². The lowest BCUT2D eigenvalue weighted by Crippen LogP contribution is -2.34. The standard InChI is InChI=1S/C17H16ClN3O2/c1-11-7-8-21(17(23)15(11)9-19)10-16(22)20-12(2)13-3-5-14(18)6-4-13/h3-8,12H,10H2,1-2H3,(H,20,22)/t12-/m1/s1. The van der Waals surface area contributed by atoms with Crippen LogP contribution in [0.4, 0.5) is 0 Å². The minimum absolute atomic E-state index is 0.0612. The van der Waals surface area contributed by atoms with Crippen molar-refractivity contribution in [2.45, 2.75) is 26.4 Å². The summed E-state index contributed by atoms with van der Waals surface area (Å²) in [7, 11) is 0. The number of amides is 1. The Hall–Kier alpha value is -2.58. The molecule has 23 heavy (non-hydrogen) atoms. The van der Waals surface area contributed by atoms with Crippen molar-refractivity contribution >= 4 is 17.5 Å². The first-order chi connectivity index (χ1) is 10.9. The molecule has 118 valence electrons. The largest absolute Gasteiger partial charge is 0.348 e. The SMILES string of the molecule is Cc1ccn(CC(=O)N[C@H](C)c2ccc(Cl)cc2)c(=O)c1C#N. The van der Waals surface area contributed by atoms with Crippen molar-refractivity contribution < 1.29 is 4.79 Å². The van der Waals surface area contributed by atoms with Gasteiger partial charge in [-0.1, -0.05) is 23.7 Å². The summed E-state index contributed by atoms with van der Waals surface area (Å²) in [4.78, 5) is 24.2. The number of rotatable bonds is 4. The zero-order valence-electron chi connectivity index (χ0n) is 12.8. The van der Waals surface area contributed by atoms with Crippen molar-refractivity contribution in [1.82, 2.24) is 9.88 Å². The molecule has 0 aliphatic carbocycles. The van der Waals surface area contributed by atoms with Gasteiger partial charge < -0.3 is 9.88 Å². The highest BCUT2D eigenvalue weighted by molar-refractivity contribution is 6.30. The van der Waals surface area contributed by atoms with E-state index in [1.165, 1.54) is 10.8 Å². The number of pyridine rings is 1. The molecule has 1 amide bonds. The van der Waals surface area contributed by atoms with E-state index in [9.17, 15) is 9.59 Å². The van der Waals surface area contributed by atoms with Gasteiger partial charge in [-0.25, -0.2) is 0 Å². The number of carbonyl (C=O) groups excluding carboxylic acids is 1. The van der Waals surface area contributed by atoms with E-state index in [0.717, 1.165) is 5.56 Å². The predicted octanol–water partition coefficient (Wildman–Crippen LogP) is 2.56. The molecule has 2 aromatic rings. The lowest BCUT2D eigenvalue weighted by molar-refractivity contribution is -0.122. The van der Waals surface area contributed by atoms with E-state index in [-0.39, 0.29) is 24.1 Å². The number of carbonyl (C=O) groups is 1. The fourth-order valence-electron chi connectivity index (χ4n) is 2.20. The van der Waals surface area contributed by atoms with Crippen LogP contribution in [0, 0.1) is 18.3 Å². The van der Waals surface area contributed by atoms with Crippen molar-refractivity contribution in [2.24, 2.45) is 0 Å². The quantitative estimate of drug-likeness (QED) is 0.936. The van der Waals surface area contributed by atoms with Crippen LogP contribution in [0.5, 0.6) is 0 Å². The van der Waals surface area contributed by atoms with Crippen LogP contribution in [0.2, 0.25) is 5.02 Å². The number of hydrogen-bond donors (Lipinski definition) is 1. The summed E-state index contributed by atoms with van der Waals surface area (Å²) < 4.78 is 1.23. The van der Waals surface area contributed by atoms with Gasteiger partial charge in [-0.2, -0.15) is 5.26 Å². The Bertz CT molecular complexity index is 819. The first-order valence-corrected chi connectivity index (χ1v) is 7.45. The van der Waals surface area contributed by atoms with E-state index in [0.29, 0.717) is 10.6 Å². The normalized spacial score (nSPS) is 11.6. The van der Waals surface area contributed by atoms with Gasteiger partial charge in [-0.3, -0.25) is 9.59 Å². The van der Waals surface area contributed by atoms with Gasteiger partial charge in [0.2, 0.25) is 5.91 Å². The highest BCUT2D eigenvalue weighted by Crippen LogP contribution is 2.15.